The second-order valence-corrected chi connectivity index (χ2v) is 4.33. The number of nitrogens with zero attached hydrogens (tertiary/aromatic N) is 1. The fourth-order valence-electron chi connectivity index (χ4n) is 1.62. The van der Waals surface area contributed by atoms with E-state index in [9.17, 15) is 28.1 Å². The number of halogens is 3. The van der Waals surface area contributed by atoms with Crippen molar-refractivity contribution in [1.82, 2.24) is 0 Å². The van der Waals surface area contributed by atoms with Crippen LogP contribution in [0.5, 0.6) is 5.75 Å². The van der Waals surface area contributed by atoms with Crippen molar-refractivity contribution < 1.29 is 27.6 Å². The Balaban J connectivity index is 2.00. The number of anilines is 1. The summed E-state index contributed by atoms with van der Waals surface area (Å²) >= 11 is 0. The lowest BCUT2D eigenvalue weighted by atomic mass is 10.2. The van der Waals surface area contributed by atoms with Crippen LogP contribution in [-0.4, -0.2) is 17.4 Å². The fraction of sp³-hybridized carbons (Fsp3) is 0.0714. The molecule has 6 nitrogen and oxygen atoms in total. The largest absolute Gasteiger partial charge is 0.484 e. The van der Waals surface area contributed by atoms with Crippen LogP contribution in [0.15, 0.2) is 36.4 Å². The summed E-state index contributed by atoms with van der Waals surface area (Å²) in [4.78, 5) is 21.5. The highest BCUT2D eigenvalue weighted by molar-refractivity contribution is 5.92. The molecule has 0 aliphatic carbocycles. The Morgan fingerprint density at radius 3 is 2.43 bits per heavy atom. The van der Waals surface area contributed by atoms with E-state index in [0.29, 0.717) is 0 Å². The molecule has 0 aliphatic rings. The first kappa shape index (κ1) is 16.3. The van der Waals surface area contributed by atoms with E-state index in [0.717, 1.165) is 36.4 Å². The van der Waals surface area contributed by atoms with Gasteiger partial charge in [-0.05, 0) is 18.2 Å². The number of amides is 1. The highest BCUT2D eigenvalue weighted by atomic mass is 19.2. The summed E-state index contributed by atoms with van der Waals surface area (Å²) in [6.45, 7) is -0.618. The molecule has 0 radical (unpaired) electrons. The molecule has 120 valence electrons. The monoisotopic (exact) mass is 326 g/mol. The van der Waals surface area contributed by atoms with Gasteiger partial charge in [-0.2, -0.15) is 0 Å². The quantitative estimate of drug-likeness (QED) is 0.676. The number of nitro groups is 1. The number of ether oxygens (including phenoxy) is 1. The molecule has 0 saturated heterocycles. The van der Waals surface area contributed by atoms with E-state index in [4.69, 9.17) is 4.74 Å². The second kappa shape index (κ2) is 6.77. The number of carbonyl (C=O) groups excluding carboxylic acids is 1. The summed E-state index contributed by atoms with van der Waals surface area (Å²) in [5.74, 6) is -4.00. The Bertz CT molecular complexity index is 768. The van der Waals surface area contributed by atoms with Crippen LogP contribution in [0.4, 0.5) is 24.5 Å². The Morgan fingerprint density at radius 1 is 1.09 bits per heavy atom. The van der Waals surface area contributed by atoms with E-state index in [1.54, 1.807) is 0 Å². The smallest absolute Gasteiger partial charge is 0.271 e. The van der Waals surface area contributed by atoms with E-state index < -0.39 is 46.3 Å². The Hall–Kier alpha value is -3.10. The van der Waals surface area contributed by atoms with Gasteiger partial charge in [0.1, 0.15) is 11.6 Å². The molecule has 0 saturated carbocycles. The predicted octanol–water partition coefficient (Wildman–Crippen LogP) is 3.03. The Labute approximate surface area is 127 Å². The molecule has 9 heteroatoms. The van der Waals surface area contributed by atoms with Crippen LogP contribution >= 0.6 is 0 Å². The molecule has 2 aromatic rings. The summed E-state index contributed by atoms with van der Waals surface area (Å²) in [5.41, 5.74) is -0.790. The van der Waals surface area contributed by atoms with Gasteiger partial charge in [0.05, 0.1) is 10.6 Å². The van der Waals surface area contributed by atoms with Crippen molar-refractivity contribution in [3.05, 3.63) is 64.0 Å². The number of nitrogens with one attached hydrogen (secondary N) is 1. The summed E-state index contributed by atoms with van der Waals surface area (Å²) in [5, 5.41) is 12.7. The maximum atomic E-state index is 13.5. The van der Waals surface area contributed by atoms with Crippen LogP contribution in [0.25, 0.3) is 0 Å². The third-order valence-corrected chi connectivity index (χ3v) is 2.70. The van der Waals surface area contributed by atoms with Crippen molar-refractivity contribution in [2.24, 2.45) is 0 Å². The van der Waals surface area contributed by atoms with Crippen molar-refractivity contribution in [2.45, 2.75) is 0 Å². The molecule has 0 bridgehead atoms. The Morgan fingerprint density at radius 2 is 1.78 bits per heavy atom. The highest BCUT2D eigenvalue weighted by Gasteiger charge is 2.13. The highest BCUT2D eigenvalue weighted by Crippen LogP contribution is 2.21. The molecule has 0 aliphatic heterocycles. The lowest BCUT2D eigenvalue weighted by molar-refractivity contribution is -0.384. The summed E-state index contributed by atoms with van der Waals surface area (Å²) in [6, 6.07) is 5.32. The van der Waals surface area contributed by atoms with Crippen LogP contribution in [0.2, 0.25) is 0 Å². The minimum absolute atomic E-state index is 0.0986. The van der Waals surface area contributed by atoms with Crippen molar-refractivity contribution in [2.75, 3.05) is 11.9 Å². The van der Waals surface area contributed by atoms with Gasteiger partial charge in [0.2, 0.25) is 0 Å². The number of benzene rings is 2. The van der Waals surface area contributed by atoms with Crippen LogP contribution in [0.1, 0.15) is 0 Å². The summed E-state index contributed by atoms with van der Waals surface area (Å²) in [7, 11) is 0. The molecule has 1 N–H and O–H groups in total. The normalized spacial score (nSPS) is 10.2. The number of rotatable bonds is 5. The van der Waals surface area contributed by atoms with E-state index in [1.165, 1.54) is 0 Å². The van der Waals surface area contributed by atoms with Crippen LogP contribution < -0.4 is 10.1 Å². The van der Waals surface area contributed by atoms with E-state index in [1.807, 2.05) is 0 Å². The average molecular weight is 326 g/mol. The lowest BCUT2D eigenvalue weighted by Crippen LogP contribution is -2.21. The number of hydrogen-bond acceptors (Lipinski definition) is 4. The second-order valence-electron chi connectivity index (χ2n) is 4.33. The van der Waals surface area contributed by atoms with Crippen molar-refractivity contribution >= 4 is 17.3 Å². The van der Waals surface area contributed by atoms with Gasteiger partial charge in [-0.1, -0.05) is 0 Å². The first-order valence-corrected chi connectivity index (χ1v) is 6.18. The van der Waals surface area contributed by atoms with Crippen LogP contribution in [0.3, 0.4) is 0 Å². The topological polar surface area (TPSA) is 81.5 Å². The molecule has 0 spiro atoms. The predicted molar refractivity (Wildman–Crippen MR) is 73.5 cm³/mol. The third-order valence-electron chi connectivity index (χ3n) is 2.70. The summed E-state index contributed by atoms with van der Waals surface area (Å²) in [6.07, 6.45) is 0. The van der Waals surface area contributed by atoms with Crippen molar-refractivity contribution in [3.63, 3.8) is 0 Å². The lowest BCUT2D eigenvalue weighted by Gasteiger charge is -2.08. The minimum Gasteiger partial charge on any atom is -0.484 e. The molecule has 0 heterocycles. The first-order chi connectivity index (χ1) is 10.9. The molecule has 0 unspecified atom stereocenters. The average Bonchev–Trinajstić information content (AvgIpc) is 2.50. The van der Waals surface area contributed by atoms with Crippen molar-refractivity contribution in [3.8, 4) is 5.75 Å². The van der Waals surface area contributed by atoms with Gasteiger partial charge in [0, 0.05) is 18.2 Å². The molecular weight excluding hydrogens is 317 g/mol. The maximum absolute atomic E-state index is 13.5. The molecule has 0 aromatic heterocycles. The van der Waals surface area contributed by atoms with Gasteiger partial charge in [0.25, 0.3) is 11.6 Å². The van der Waals surface area contributed by atoms with Crippen molar-refractivity contribution in [1.29, 1.82) is 0 Å². The molecule has 0 fully saturated rings. The van der Waals surface area contributed by atoms with Gasteiger partial charge in [-0.15, -0.1) is 0 Å². The minimum atomic E-state index is -1.15. The molecule has 2 aromatic carbocycles. The van der Waals surface area contributed by atoms with E-state index in [2.05, 4.69) is 5.32 Å². The third kappa shape index (κ3) is 4.19. The Kier molecular flexibility index (Phi) is 4.79. The van der Waals surface area contributed by atoms with Gasteiger partial charge in [0.15, 0.2) is 18.2 Å². The number of nitro benzene ring substituents is 1. The zero-order chi connectivity index (χ0) is 17.0. The number of carbonyl (C=O) groups is 1. The van der Waals surface area contributed by atoms with Gasteiger partial charge >= 0.3 is 0 Å². The SMILES string of the molecule is O=C(COc1ccc(F)c(F)c1)Nc1cc([N+](=O)[O-])ccc1F. The molecule has 2 rings (SSSR count). The number of non-ortho nitro benzene ring substituents is 1. The molecule has 23 heavy (non-hydrogen) atoms. The standard InChI is InChI=1S/C14H9F3N2O4/c15-10-4-2-9(6-12(10)17)23-7-14(20)18-13-5-8(19(21)22)1-3-11(13)16/h1-6H,7H2,(H,18,20). The zero-order valence-electron chi connectivity index (χ0n) is 11.4. The van der Waals surface area contributed by atoms with E-state index >= 15 is 0 Å². The number of hydrogen-bond donors (Lipinski definition) is 1. The first-order valence-electron chi connectivity index (χ1n) is 6.18. The van der Waals surface area contributed by atoms with Gasteiger partial charge in [-0.3, -0.25) is 14.9 Å². The van der Waals surface area contributed by atoms with Crippen LogP contribution in [-0.2, 0) is 4.79 Å². The van der Waals surface area contributed by atoms with E-state index in [-0.39, 0.29) is 5.75 Å². The maximum Gasteiger partial charge on any atom is 0.271 e. The molecule has 0 atom stereocenters. The fourth-order valence-corrected chi connectivity index (χ4v) is 1.62. The molecular formula is C14H9F3N2O4. The molecule has 1 amide bonds. The van der Waals surface area contributed by atoms with Crippen LogP contribution in [0, 0.1) is 27.6 Å². The summed E-state index contributed by atoms with van der Waals surface area (Å²) < 4.78 is 44.1. The van der Waals surface area contributed by atoms with Gasteiger partial charge in [-0.25, -0.2) is 13.2 Å². The zero-order valence-corrected chi connectivity index (χ0v) is 11.4. The van der Waals surface area contributed by atoms with Gasteiger partial charge < -0.3 is 10.1 Å².